The first kappa shape index (κ1) is 26.1. The summed E-state index contributed by atoms with van der Waals surface area (Å²) in [5.41, 5.74) is 8.41. The van der Waals surface area contributed by atoms with Crippen molar-refractivity contribution in [2.75, 3.05) is 44.7 Å². The van der Waals surface area contributed by atoms with Gasteiger partial charge in [0, 0.05) is 57.8 Å². The third-order valence-corrected chi connectivity index (χ3v) is 9.03. The molecule has 204 valence electrons. The summed E-state index contributed by atoms with van der Waals surface area (Å²) in [5, 5.41) is 0. The van der Waals surface area contributed by atoms with E-state index in [0.717, 1.165) is 57.1 Å². The van der Waals surface area contributed by atoms with Crippen molar-refractivity contribution in [3.05, 3.63) is 88.5 Å². The third-order valence-electron chi connectivity index (χ3n) is 9.03. The molecule has 0 bridgehead atoms. The fourth-order valence-corrected chi connectivity index (χ4v) is 6.78. The second-order valence-electron chi connectivity index (χ2n) is 12.0. The molecule has 1 atom stereocenters. The molecule has 2 fully saturated rings. The van der Waals surface area contributed by atoms with Crippen molar-refractivity contribution in [3.63, 3.8) is 0 Å². The Labute approximate surface area is 233 Å². The zero-order valence-electron chi connectivity index (χ0n) is 23.5. The topological polar surface area (TPSA) is 52.6 Å². The molecule has 0 N–H and O–H groups in total. The molecule has 1 unspecified atom stereocenters. The van der Waals surface area contributed by atoms with Crippen molar-refractivity contribution in [1.29, 1.82) is 0 Å². The number of nitrogens with zero attached hydrogens (tertiary/aromatic N) is 5. The van der Waals surface area contributed by atoms with Gasteiger partial charge in [0.2, 0.25) is 0 Å². The molecule has 39 heavy (non-hydrogen) atoms. The van der Waals surface area contributed by atoms with Crippen LogP contribution in [0.3, 0.4) is 0 Å². The van der Waals surface area contributed by atoms with Gasteiger partial charge in [-0.2, -0.15) is 0 Å². The summed E-state index contributed by atoms with van der Waals surface area (Å²) in [4.78, 5) is 29.3. The Hall–Kier alpha value is -3.09. The van der Waals surface area contributed by atoms with Gasteiger partial charge in [0.1, 0.15) is 6.33 Å². The smallest absolute Gasteiger partial charge is 0.167 e. The lowest BCUT2D eigenvalue weighted by Crippen LogP contribution is -2.43. The van der Waals surface area contributed by atoms with E-state index >= 15 is 0 Å². The summed E-state index contributed by atoms with van der Waals surface area (Å²) in [6.45, 7) is 9.41. The van der Waals surface area contributed by atoms with Gasteiger partial charge in [-0.1, -0.05) is 50.1 Å². The largest absolute Gasteiger partial charge is 0.364 e. The van der Waals surface area contributed by atoms with Gasteiger partial charge in [-0.15, -0.1) is 0 Å². The highest BCUT2D eigenvalue weighted by Gasteiger charge is 2.25. The van der Waals surface area contributed by atoms with Crippen LogP contribution >= 0.6 is 0 Å². The minimum atomic E-state index is 0.208. The molecule has 6 rings (SSSR count). The van der Waals surface area contributed by atoms with Crippen LogP contribution in [0.1, 0.15) is 82.6 Å². The maximum atomic E-state index is 13.7. The number of aromatic nitrogens is 2. The van der Waals surface area contributed by atoms with Crippen LogP contribution in [0.2, 0.25) is 0 Å². The van der Waals surface area contributed by atoms with E-state index in [-0.39, 0.29) is 5.78 Å². The van der Waals surface area contributed by atoms with Gasteiger partial charge in [-0.05, 0) is 65.6 Å². The molecule has 6 heteroatoms. The van der Waals surface area contributed by atoms with E-state index in [1.807, 2.05) is 18.5 Å². The number of hydrogen-bond acceptors (Lipinski definition) is 6. The number of ketones is 1. The van der Waals surface area contributed by atoms with Crippen molar-refractivity contribution < 1.29 is 4.79 Å². The van der Waals surface area contributed by atoms with E-state index in [2.05, 4.69) is 69.0 Å². The number of Topliss-reactive ketones (excluding diaryl/α,β-unsaturated/α-hetero) is 1. The number of hydrogen-bond donors (Lipinski definition) is 0. The minimum absolute atomic E-state index is 0.208. The SMILES string of the molecule is CC1CN(c2cncnc2)Cc2cc(C(=O)Cc3cc(CN4CCN(C)CC4)cc(C4CCCC4)c3)ccc21. The lowest BCUT2D eigenvalue weighted by Gasteiger charge is -2.34. The first-order chi connectivity index (χ1) is 19.0. The number of fused-ring (bicyclic) bond motifs is 1. The first-order valence-electron chi connectivity index (χ1n) is 14.7. The Morgan fingerprint density at radius 3 is 2.46 bits per heavy atom. The Balaban J connectivity index is 1.22. The van der Waals surface area contributed by atoms with Crippen LogP contribution < -0.4 is 4.90 Å². The third kappa shape index (κ3) is 6.07. The van der Waals surface area contributed by atoms with E-state index < -0.39 is 0 Å². The van der Waals surface area contributed by atoms with Crippen molar-refractivity contribution in [2.24, 2.45) is 0 Å². The van der Waals surface area contributed by atoms with Crippen molar-refractivity contribution >= 4 is 11.5 Å². The molecular formula is C33H41N5O. The van der Waals surface area contributed by atoms with Crippen molar-refractivity contribution in [1.82, 2.24) is 19.8 Å². The molecule has 3 aromatic rings. The lowest BCUT2D eigenvalue weighted by molar-refractivity contribution is 0.0992. The van der Waals surface area contributed by atoms with E-state index in [1.54, 1.807) is 6.33 Å². The maximum Gasteiger partial charge on any atom is 0.167 e. The number of piperazine rings is 1. The Morgan fingerprint density at radius 2 is 1.69 bits per heavy atom. The number of rotatable bonds is 7. The highest BCUT2D eigenvalue weighted by atomic mass is 16.1. The molecule has 1 aromatic heterocycles. The molecule has 6 nitrogen and oxygen atoms in total. The summed E-state index contributed by atoms with van der Waals surface area (Å²) < 4.78 is 0. The van der Waals surface area contributed by atoms with Gasteiger partial charge in [0.05, 0.1) is 18.1 Å². The predicted octanol–water partition coefficient (Wildman–Crippen LogP) is 5.43. The van der Waals surface area contributed by atoms with Gasteiger partial charge in [0.25, 0.3) is 0 Å². The Kier molecular flexibility index (Phi) is 7.76. The zero-order valence-corrected chi connectivity index (χ0v) is 23.5. The average Bonchev–Trinajstić information content (AvgIpc) is 3.50. The van der Waals surface area contributed by atoms with Crippen LogP contribution in [0.5, 0.6) is 0 Å². The lowest BCUT2D eigenvalue weighted by atomic mass is 9.88. The summed E-state index contributed by atoms with van der Waals surface area (Å²) in [5.74, 6) is 1.24. The number of likely N-dealkylation sites (N-methyl/N-ethyl adjacent to an activating group) is 1. The van der Waals surface area contributed by atoms with Crippen LogP contribution in [0, 0.1) is 0 Å². The molecule has 1 saturated heterocycles. The molecular weight excluding hydrogens is 482 g/mol. The molecule has 0 spiro atoms. The van der Waals surface area contributed by atoms with Crippen molar-refractivity contribution in [2.45, 2.75) is 64.0 Å². The summed E-state index contributed by atoms with van der Waals surface area (Å²) in [6.07, 6.45) is 11.0. The zero-order chi connectivity index (χ0) is 26.8. The van der Waals surface area contributed by atoms with Crippen LogP contribution in [0.15, 0.2) is 55.1 Å². The van der Waals surface area contributed by atoms with Gasteiger partial charge in [-0.3, -0.25) is 9.69 Å². The fraction of sp³-hybridized carbons (Fsp3) is 0.485. The molecule has 2 aromatic carbocycles. The van der Waals surface area contributed by atoms with Crippen LogP contribution in [0.4, 0.5) is 5.69 Å². The Morgan fingerprint density at radius 1 is 0.949 bits per heavy atom. The summed E-state index contributed by atoms with van der Waals surface area (Å²) >= 11 is 0. The molecule has 2 aliphatic heterocycles. The molecule has 3 aliphatic rings. The van der Waals surface area contributed by atoms with Crippen LogP contribution in [-0.2, 0) is 19.5 Å². The number of carbonyl (C=O) groups excluding carboxylic acids is 1. The molecule has 0 radical (unpaired) electrons. The normalized spacial score (nSPS) is 20.8. The van der Waals surface area contributed by atoms with Gasteiger partial charge in [0.15, 0.2) is 5.78 Å². The summed E-state index contributed by atoms with van der Waals surface area (Å²) in [6, 6.07) is 13.4. The number of carbonyl (C=O) groups is 1. The molecule has 3 heterocycles. The molecule has 0 amide bonds. The standard InChI is InChI=1S/C33H41N5O/c1-24-20-38(31-18-34-23-35-19-31)22-30-17-28(7-8-32(24)30)33(39)16-25-13-26(21-37-11-9-36(2)10-12-37)15-29(14-25)27-5-3-4-6-27/h7-8,13-15,17-19,23-24,27H,3-6,9-12,16,20-22H2,1-2H3. The predicted molar refractivity (Wildman–Crippen MR) is 156 cm³/mol. The van der Waals surface area contributed by atoms with E-state index in [4.69, 9.17) is 0 Å². The van der Waals surface area contributed by atoms with Gasteiger partial charge < -0.3 is 9.80 Å². The van der Waals surface area contributed by atoms with E-state index in [9.17, 15) is 4.79 Å². The van der Waals surface area contributed by atoms with Crippen molar-refractivity contribution in [3.8, 4) is 0 Å². The summed E-state index contributed by atoms with van der Waals surface area (Å²) in [7, 11) is 2.21. The second-order valence-corrected chi connectivity index (χ2v) is 12.0. The van der Waals surface area contributed by atoms with Gasteiger partial charge in [-0.25, -0.2) is 9.97 Å². The molecule has 1 saturated carbocycles. The fourth-order valence-electron chi connectivity index (χ4n) is 6.78. The van der Waals surface area contributed by atoms with Gasteiger partial charge >= 0.3 is 0 Å². The van der Waals surface area contributed by atoms with E-state index in [0.29, 0.717) is 18.3 Å². The quantitative estimate of drug-likeness (QED) is 0.385. The van der Waals surface area contributed by atoms with E-state index in [1.165, 1.54) is 53.5 Å². The number of benzene rings is 2. The molecule has 1 aliphatic carbocycles. The van der Waals surface area contributed by atoms with Crippen LogP contribution in [-0.4, -0.2) is 65.3 Å². The highest BCUT2D eigenvalue weighted by Crippen LogP contribution is 2.36. The van der Waals surface area contributed by atoms with Crippen LogP contribution in [0.25, 0.3) is 0 Å². The monoisotopic (exact) mass is 523 g/mol. The number of anilines is 1. The Bertz CT molecular complexity index is 1290. The maximum absolute atomic E-state index is 13.7. The highest BCUT2D eigenvalue weighted by molar-refractivity contribution is 5.97. The minimum Gasteiger partial charge on any atom is -0.364 e. The first-order valence-corrected chi connectivity index (χ1v) is 14.7. The second kappa shape index (κ2) is 11.6. The average molecular weight is 524 g/mol.